The topological polar surface area (TPSA) is 77.5 Å². The number of ketones is 1. The zero-order valence-electron chi connectivity index (χ0n) is 10.8. The number of carbonyl (C=O) groups is 1. The lowest BCUT2D eigenvalue weighted by Crippen LogP contribution is -2.18. The fourth-order valence-electron chi connectivity index (χ4n) is 1.42. The average molecular weight is 304 g/mol. The number of Topliss-reactive ketones (excluding diaryl/α,β-unsaturated/α-hetero) is 1. The first-order valence-corrected chi connectivity index (χ1v) is 9.07. The van der Waals surface area contributed by atoms with Crippen molar-refractivity contribution in [2.45, 2.75) is 0 Å². The van der Waals surface area contributed by atoms with E-state index in [9.17, 15) is 17.4 Å². The molecule has 1 unspecified atom stereocenters. The Labute approximate surface area is 115 Å². The molecule has 0 spiro atoms. The van der Waals surface area contributed by atoms with Crippen molar-refractivity contribution in [1.82, 2.24) is 0 Å². The lowest BCUT2D eigenvalue weighted by Gasteiger charge is -2.06. The number of rotatable bonds is 7. The number of hydrogen-bond donors (Lipinski definition) is 0. The summed E-state index contributed by atoms with van der Waals surface area (Å²) in [7, 11) is -3.20. The molecule has 0 radical (unpaired) electrons. The van der Waals surface area contributed by atoms with E-state index in [0.29, 0.717) is 11.3 Å². The van der Waals surface area contributed by atoms with Crippen molar-refractivity contribution >= 4 is 26.4 Å². The Bertz CT molecular complexity index is 578. The van der Waals surface area contributed by atoms with Gasteiger partial charge in [-0.05, 0) is 12.1 Å². The van der Waals surface area contributed by atoms with E-state index in [1.54, 1.807) is 24.3 Å². The third-order valence-corrected chi connectivity index (χ3v) is 4.83. The van der Waals surface area contributed by atoms with Gasteiger partial charge < -0.3 is 4.74 Å². The van der Waals surface area contributed by atoms with Crippen LogP contribution in [0.1, 0.15) is 10.4 Å². The molecule has 0 fully saturated rings. The minimum absolute atomic E-state index is 0.0281. The monoisotopic (exact) mass is 304 g/mol. The predicted octanol–water partition coefficient (Wildman–Crippen LogP) is 0.671. The second kappa shape index (κ2) is 6.81. The van der Waals surface area contributed by atoms with Gasteiger partial charge >= 0.3 is 0 Å². The van der Waals surface area contributed by atoms with Crippen LogP contribution in [0.5, 0.6) is 5.75 Å². The maximum atomic E-state index is 11.9. The molecule has 106 valence electrons. The molecule has 5 nitrogen and oxygen atoms in total. The Balaban J connectivity index is 2.67. The quantitative estimate of drug-likeness (QED) is 0.692. The zero-order valence-corrected chi connectivity index (χ0v) is 12.4. The number of para-hydroxylation sites is 1. The number of benzene rings is 1. The van der Waals surface area contributed by atoms with Crippen LogP contribution >= 0.6 is 0 Å². The van der Waals surface area contributed by atoms with Crippen molar-refractivity contribution in [3.63, 3.8) is 0 Å². The molecule has 0 saturated heterocycles. The molecular weight excluding hydrogens is 288 g/mol. The summed E-state index contributed by atoms with van der Waals surface area (Å²) in [5.41, 5.74) is 0.359. The molecule has 0 amide bonds. The summed E-state index contributed by atoms with van der Waals surface area (Å²) in [4.78, 5) is 11.9. The molecule has 0 heterocycles. The SMILES string of the molecule is COc1ccccc1C(=O)CS(=O)CCS(C)(=O)=O. The minimum Gasteiger partial charge on any atom is -0.496 e. The van der Waals surface area contributed by atoms with E-state index in [0.717, 1.165) is 6.26 Å². The highest BCUT2D eigenvalue weighted by molar-refractivity contribution is 7.92. The Hall–Kier alpha value is -1.21. The van der Waals surface area contributed by atoms with E-state index in [-0.39, 0.29) is 23.0 Å². The normalized spacial score (nSPS) is 12.9. The van der Waals surface area contributed by atoms with Crippen LogP contribution < -0.4 is 4.74 Å². The second-order valence-corrected chi connectivity index (χ2v) is 7.88. The molecule has 0 N–H and O–H groups in total. The number of hydrogen-bond acceptors (Lipinski definition) is 5. The maximum Gasteiger partial charge on any atom is 0.179 e. The molecule has 1 aromatic carbocycles. The van der Waals surface area contributed by atoms with Crippen LogP contribution in [0.4, 0.5) is 0 Å². The van der Waals surface area contributed by atoms with E-state index < -0.39 is 20.6 Å². The molecule has 0 saturated carbocycles. The van der Waals surface area contributed by atoms with Gasteiger partial charge in [-0.3, -0.25) is 9.00 Å². The second-order valence-electron chi connectivity index (χ2n) is 4.04. The van der Waals surface area contributed by atoms with Gasteiger partial charge in [0.1, 0.15) is 15.6 Å². The van der Waals surface area contributed by atoms with Gasteiger partial charge in [-0.15, -0.1) is 0 Å². The summed E-state index contributed by atoms with van der Waals surface area (Å²) < 4.78 is 38.6. The van der Waals surface area contributed by atoms with E-state index in [4.69, 9.17) is 4.74 Å². The standard InChI is InChI=1S/C12H16O5S2/c1-17-12-6-4-3-5-10(12)11(13)9-18(14)7-8-19(2,15)16/h3-6H,7-9H2,1-2H3. The van der Waals surface area contributed by atoms with E-state index in [2.05, 4.69) is 0 Å². The van der Waals surface area contributed by atoms with Gasteiger partial charge in [0.05, 0.1) is 24.2 Å². The van der Waals surface area contributed by atoms with Crippen molar-refractivity contribution in [2.24, 2.45) is 0 Å². The van der Waals surface area contributed by atoms with Crippen LogP contribution in [-0.4, -0.2) is 49.0 Å². The molecule has 1 aromatic rings. The number of carbonyl (C=O) groups excluding carboxylic acids is 1. The summed E-state index contributed by atoms with van der Waals surface area (Å²) in [6.45, 7) is 0. The zero-order chi connectivity index (χ0) is 14.5. The highest BCUT2D eigenvalue weighted by Gasteiger charge is 2.15. The Morgan fingerprint density at radius 1 is 1.32 bits per heavy atom. The molecule has 7 heteroatoms. The van der Waals surface area contributed by atoms with Crippen LogP contribution in [0, 0.1) is 0 Å². The van der Waals surface area contributed by atoms with Crippen molar-refractivity contribution in [3.05, 3.63) is 29.8 Å². The van der Waals surface area contributed by atoms with Crippen LogP contribution in [0.3, 0.4) is 0 Å². The molecule has 1 rings (SSSR count). The van der Waals surface area contributed by atoms with E-state index in [1.165, 1.54) is 7.11 Å². The molecule has 0 aliphatic heterocycles. The van der Waals surface area contributed by atoms with Crippen LogP contribution in [0.15, 0.2) is 24.3 Å². The molecular formula is C12H16O5S2. The first-order valence-electron chi connectivity index (χ1n) is 5.52. The summed E-state index contributed by atoms with van der Waals surface area (Å²) in [5, 5.41) is 0. The number of sulfone groups is 1. The Morgan fingerprint density at radius 2 is 1.95 bits per heavy atom. The summed E-state index contributed by atoms with van der Waals surface area (Å²) in [5.74, 6) is -0.300. The van der Waals surface area contributed by atoms with Gasteiger partial charge in [0.2, 0.25) is 0 Å². The maximum absolute atomic E-state index is 11.9. The van der Waals surface area contributed by atoms with Crippen molar-refractivity contribution in [1.29, 1.82) is 0 Å². The lowest BCUT2D eigenvalue weighted by molar-refractivity contribution is 0.101. The summed E-state index contributed by atoms with van der Waals surface area (Å²) >= 11 is 0. The fourth-order valence-corrected chi connectivity index (χ4v) is 3.96. The molecule has 0 aliphatic carbocycles. The van der Waals surface area contributed by atoms with Gasteiger partial charge in [-0.2, -0.15) is 0 Å². The van der Waals surface area contributed by atoms with Gasteiger partial charge in [-0.1, -0.05) is 12.1 Å². The Morgan fingerprint density at radius 3 is 2.53 bits per heavy atom. The first kappa shape index (κ1) is 15.8. The largest absolute Gasteiger partial charge is 0.496 e. The van der Waals surface area contributed by atoms with Crippen LogP contribution in [0.2, 0.25) is 0 Å². The van der Waals surface area contributed by atoms with Crippen LogP contribution in [0.25, 0.3) is 0 Å². The van der Waals surface area contributed by atoms with Gasteiger partial charge in [0.25, 0.3) is 0 Å². The highest BCUT2D eigenvalue weighted by atomic mass is 32.2. The van der Waals surface area contributed by atoms with Crippen molar-refractivity contribution in [2.75, 3.05) is 30.6 Å². The third-order valence-electron chi connectivity index (χ3n) is 2.38. The van der Waals surface area contributed by atoms with E-state index in [1.807, 2.05) is 0 Å². The Kier molecular flexibility index (Phi) is 5.68. The lowest BCUT2D eigenvalue weighted by atomic mass is 10.1. The van der Waals surface area contributed by atoms with E-state index >= 15 is 0 Å². The van der Waals surface area contributed by atoms with Gasteiger partial charge in [0, 0.05) is 22.8 Å². The molecule has 0 aliphatic rings. The molecule has 1 atom stereocenters. The highest BCUT2D eigenvalue weighted by Crippen LogP contribution is 2.18. The first-order chi connectivity index (χ1) is 8.83. The number of methoxy groups -OCH3 is 1. The fraction of sp³-hybridized carbons (Fsp3) is 0.417. The summed E-state index contributed by atoms with van der Waals surface area (Å²) in [6, 6.07) is 6.66. The molecule has 0 aromatic heterocycles. The van der Waals surface area contributed by atoms with Gasteiger partial charge in [0.15, 0.2) is 5.78 Å². The third kappa shape index (κ3) is 5.52. The molecule has 0 bridgehead atoms. The van der Waals surface area contributed by atoms with Crippen molar-refractivity contribution in [3.8, 4) is 5.75 Å². The van der Waals surface area contributed by atoms with Crippen molar-refractivity contribution < 1.29 is 22.2 Å². The van der Waals surface area contributed by atoms with Gasteiger partial charge in [-0.25, -0.2) is 8.42 Å². The predicted molar refractivity (Wildman–Crippen MR) is 74.9 cm³/mol. The minimum atomic E-state index is -3.16. The smallest absolute Gasteiger partial charge is 0.179 e. The number of ether oxygens (including phenoxy) is 1. The average Bonchev–Trinajstić information content (AvgIpc) is 2.35. The summed E-state index contributed by atoms with van der Waals surface area (Å²) in [6.07, 6.45) is 1.08. The van der Waals surface area contributed by atoms with Crippen LogP contribution in [-0.2, 0) is 20.6 Å². The molecule has 19 heavy (non-hydrogen) atoms.